The van der Waals surface area contributed by atoms with Crippen molar-refractivity contribution in [2.24, 2.45) is 0 Å². The van der Waals surface area contributed by atoms with Gasteiger partial charge in [-0.15, -0.1) is 11.8 Å². The van der Waals surface area contributed by atoms with Gasteiger partial charge in [-0.25, -0.2) is 0 Å². The van der Waals surface area contributed by atoms with Gasteiger partial charge in [-0.05, 0) is 38.3 Å². The summed E-state index contributed by atoms with van der Waals surface area (Å²) in [5.41, 5.74) is 0.662. The lowest BCUT2D eigenvalue weighted by atomic mass is 10.0. The predicted molar refractivity (Wildman–Crippen MR) is 88.8 cm³/mol. The van der Waals surface area contributed by atoms with E-state index < -0.39 is 0 Å². The lowest BCUT2D eigenvalue weighted by Gasteiger charge is -2.36. The highest BCUT2D eigenvalue weighted by Gasteiger charge is 2.38. The number of carbonyl (C=O) groups excluding carboxylic acids is 2. The molecule has 2 heterocycles. The third-order valence-corrected chi connectivity index (χ3v) is 5.55. The minimum absolute atomic E-state index is 0.0337. The monoisotopic (exact) mass is 318 g/mol. The van der Waals surface area contributed by atoms with Gasteiger partial charge in [0.15, 0.2) is 0 Å². The number of amides is 2. The van der Waals surface area contributed by atoms with Crippen LogP contribution in [0.4, 0.5) is 0 Å². The summed E-state index contributed by atoms with van der Waals surface area (Å²) in [5.74, 6) is 1.41. The molecule has 3 rings (SSSR count). The first-order chi connectivity index (χ1) is 10.7. The number of benzene rings is 1. The number of likely N-dealkylation sites (tertiary alicyclic amines) is 1. The summed E-state index contributed by atoms with van der Waals surface area (Å²) in [7, 11) is 0. The Morgan fingerprint density at radius 3 is 2.64 bits per heavy atom. The Bertz CT molecular complexity index is 549. The summed E-state index contributed by atoms with van der Waals surface area (Å²) in [6.07, 6.45) is 3.33. The topological polar surface area (TPSA) is 40.6 Å². The van der Waals surface area contributed by atoms with Gasteiger partial charge in [-0.1, -0.05) is 18.2 Å². The van der Waals surface area contributed by atoms with E-state index >= 15 is 0 Å². The minimum Gasteiger partial charge on any atom is -0.338 e. The summed E-state index contributed by atoms with van der Waals surface area (Å²) in [4.78, 5) is 29.3. The molecule has 2 saturated heterocycles. The largest absolute Gasteiger partial charge is 0.338 e. The molecule has 5 heteroatoms. The quantitative estimate of drug-likeness (QED) is 0.841. The maximum Gasteiger partial charge on any atom is 0.255 e. The third kappa shape index (κ3) is 3.00. The van der Waals surface area contributed by atoms with Crippen LogP contribution >= 0.6 is 11.8 Å². The molecule has 2 atom stereocenters. The molecule has 0 aliphatic carbocycles. The van der Waals surface area contributed by atoms with Gasteiger partial charge in [-0.2, -0.15) is 0 Å². The summed E-state index contributed by atoms with van der Waals surface area (Å²) < 4.78 is 0. The fourth-order valence-corrected chi connectivity index (χ4v) is 4.36. The Hall–Kier alpha value is -1.49. The fourth-order valence-electron chi connectivity index (χ4n) is 3.21. The standard InChI is InChI=1S/C17H22N2O2S/c1-13-7-5-6-10-18(13)17(21)15-11-22-12-19(15)16(20)14-8-3-2-4-9-14/h2-4,8-9,13,15H,5-7,10-12H2,1H3/t13?,15-/m0/s1. The van der Waals surface area contributed by atoms with Gasteiger partial charge in [0, 0.05) is 23.9 Å². The molecule has 118 valence electrons. The molecule has 0 radical (unpaired) electrons. The van der Waals surface area contributed by atoms with Gasteiger partial charge in [0.1, 0.15) is 6.04 Å². The van der Waals surface area contributed by atoms with Crippen LogP contribution in [0, 0.1) is 0 Å². The molecular formula is C17H22N2O2S. The van der Waals surface area contributed by atoms with Crippen molar-refractivity contribution in [1.82, 2.24) is 9.80 Å². The highest BCUT2D eigenvalue weighted by molar-refractivity contribution is 7.99. The molecule has 2 fully saturated rings. The van der Waals surface area contributed by atoms with Gasteiger partial charge in [0.25, 0.3) is 5.91 Å². The molecule has 0 spiro atoms. The molecule has 1 aromatic carbocycles. The van der Waals surface area contributed by atoms with Crippen LogP contribution in [0.1, 0.15) is 36.5 Å². The van der Waals surface area contributed by atoms with Gasteiger partial charge in [0.05, 0.1) is 5.88 Å². The maximum atomic E-state index is 12.9. The molecule has 1 aromatic rings. The fraction of sp³-hybridized carbons (Fsp3) is 0.529. The molecule has 0 bridgehead atoms. The summed E-state index contributed by atoms with van der Waals surface area (Å²) in [5, 5.41) is 0. The highest BCUT2D eigenvalue weighted by atomic mass is 32.2. The lowest BCUT2D eigenvalue weighted by Crippen LogP contribution is -2.52. The van der Waals surface area contributed by atoms with E-state index in [1.165, 1.54) is 6.42 Å². The van der Waals surface area contributed by atoms with Crippen LogP contribution < -0.4 is 0 Å². The summed E-state index contributed by atoms with van der Waals surface area (Å²) >= 11 is 1.66. The van der Waals surface area contributed by atoms with E-state index in [2.05, 4.69) is 6.92 Å². The molecule has 0 saturated carbocycles. The Morgan fingerprint density at radius 2 is 1.91 bits per heavy atom. The van der Waals surface area contributed by atoms with Crippen molar-refractivity contribution in [2.45, 2.75) is 38.3 Å². The Balaban J connectivity index is 1.75. The van der Waals surface area contributed by atoms with E-state index in [1.807, 2.05) is 35.2 Å². The van der Waals surface area contributed by atoms with Gasteiger partial charge >= 0.3 is 0 Å². The number of hydrogen-bond acceptors (Lipinski definition) is 3. The second-order valence-corrected chi connectivity index (χ2v) is 7.03. The molecule has 2 aliphatic heterocycles. The van der Waals surface area contributed by atoms with Crippen LogP contribution in [0.15, 0.2) is 30.3 Å². The van der Waals surface area contributed by atoms with Gasteiger partial charge < -0.3 is 9.80 Å². The molecule has 1 unspecified atom stereocenters. The van der Waals surface area contributed by atoms with E-state index in [0.29, 0.717) is 23.2 Å². The average Bonchev–Trinajstić information content (AvgIpc) is 3.04. The second-order valence-electron chi connectivity index (χ2n) is 6.03. The predicted octanol–water partition coefficient (Wildman–Crippen LogP) is 2.60. The zero-order valence-corrected chi connectivity index (χ0v) is 13.7. The molecule has 0 aromatic heterocycles. The van der Waals surface area contributed by atoms with Crippen molar-refractivity contribution in [1.29, 1.82) is 0 Å². The number of nitrogens with zero attached hydrogens (tertiary/aromatic N) is 2. The minimum atomic E-state index is -0.307. The van der Waals surface area contributed by atoms with E-state index in [0.717, 1.165) is 19.4 Å². The van der Waals surface area contributed by atoms with Crippen molar-refractivity contribution in [3.8, 4) is 0 Å². The van der Waals surface area contributed by atoms with Crippen molar-refractivity contribution in [3.63, 3.8) is 0 Å². The molecule has 22 heavy (non-hydrogen) atoms. The Kier molecular flexibility index (Phi) is 4.71. The van der Waals surface area contributed by atoms with Crippen molar-refractivity contribution >= 4 is 23.6 Å². The number of hydrogen-bond donors (Lipinski definition) is 0. The van der Waals surface area contributed by atoms with Crippen LogP contribution in [0.25, 0.3) is 0 Å². The molecule has 4 nitrogen and oxygen atoms in total. The first-order valence-electron chi connectivity index (χ1n) is 7.92. The Labute approximate surface area is 135 Å². The van der Waals surface area contributed by atoms with E-state index in [9.17, 15) is 9.59 Å². The maximum absolute atomic E-state index is 12.9. The van der Waals surface area contributed by atoms with Crippen LogP contribution in [0.5, 0.6) is 0 Å². The van der Waals surface area contributed by atoms with Crippen LogP contribution in [-0.2, 0) is 4.79 Å². The Morgan fingerprint density at radius 1 is 1.14 bits per heavy atom. The summed E-state index contributed by atoms with van der Waals surface area (Å²) in [6, 6.07) is 9.24. The van der Waals surface area contributed by atoms with Crippen LogP contribution in [0.2, 0.25) is 0 Å². The smallest absolute Gasteiger partial charge is 0.255 e. The first-order valence-corrected chi connectivity index (χ1v) is 9.08. The number of rotatable bonds is 2. The number of thioether (sulfide) groups is 1. The number of carbonyl (C=O) groups is 2. The molecule has 2 aliphatic rings. The van der Waals surface area contributed by atoms with Crippen molar-refractivity contribution < 1.29 is 9.59 Å². The SMILES string of the molecule is CC1CCCCN1C(=O)[C@@H]1CSCN1C(=O)c1ccccc1. The zero-order valence-electron chi connectivity index (χ0n) is 12.9. The molecular weight excluding hydrogens is 296 g/mol. The average molecular weight is 318 g/mol. The lowest BCUT2D eigenvalue weighted by molar-refractivity contribution is -0.138. The zero-order chi connectivity index (χ0) is 15.5. The summed E-state index contributed by atoms with van der Waals surface area (Å²) in [6.45, 7) is 2.94. The van der Waals surface area contributed by atoms with E-state index in [-0.39, 0.29) is 17.9 Å². The molecule has 0 N–H and O–H groups in total. The van der Waals surface area contributed by atoms with Crippen molar-refractivity contribution in [2.75, 3.05) is 18.2 Å². The number of piperidine rings is 1. The van der Waals surface area contributed by atoms with Gasteiger partial charge in [-0.3, -0.25) is 9.59 Å². The second kappa shape index (κ2) is 6.73. The third-order valence-electron chi connectivity index (χ3n) is 4.54. The van der Waals surface area contributed by atoms with Crippen LogP contribution in [0.3, 0.4) is 0 Å². The van der Waals surface area contributed by atoms with E-state index in [4.69, 9.17) is 0 Å². The highest BCUT2D eigenvalue weighted by Crippen LogP contribution is 2.27. The van der Waals surface area contributed by atoms with Crippen molar-refractivity contribution in [3.05, 3.63) is 35.9 Å². The van der Waals surface area contributed by atoms with E-state index in [1.54, 1.807) is 16.7 Å². The first kappa shape index (κ1) is 15.4. The van der Waals surface area contributed by atoms with Gasteiger partial charge in [0.2, 0.25) is 5.91 Å². The van der Waals surface area contributed by atoms with Crippen LogP contribution in [-0.4, -0.2) is 51.9 Å². The molecule has 2 amide bonds. The normalized spacial score (nSPS) is 25.3.